The molecule has 4 aromatic rings. The first-order valence-corrected chi connectivity index (χ1v) is 12.8. The summed E-state index contributed by atoms with van der Waals surface area (Å²) in [5.74, 6) is 0.413. The Morgan fingerprint density at radius 1 is 1.11 bits per heavy atom. The maximum absolute atomic E-state index is 11.9. The molecule has 38 heavy (non-hydrogen) atoms. The van der Waals surface area contributed by atoms with E-state index in [4.69, 9.17) is 30.8 Å². The fourth-order valence-electron chi connectivity index (χ4n) is 4.44. The zero-order valence-electron chi connectivity index (χ0n) is 21.6. The van der Waals surface area contributed by atoms with Gasteiger partial charge < -0.3 is 29.4 Å². The Bertz CT molecular complexity index is 1410. The van der Waals surface area contributed by atoms with E-state index >= 15 is 0 Å². The van der Waals surface area contributed by atoms with Gasteiger partial charge in [0.25, 0.3) is 0 Å². The van der Waals surface area contributed by atoms with Crippen LogP contribution >= 0.6 is 11.6 Å². The van der Waals surface area contributed by atoms with Gasteiger partial charge in [-0.05, 0) is 49.7 Å². The molecule has 3 heterocycles. The van der Waals surface area contributed by atoms with Crippen LogP contribution in [0.2, 0.25) is 5.02 Å². The van der Waals surface area contributed by atoms with Gasteiger partial charge in [-0.1, -0.05) is 35.9 Å². The molecule has 0 bridgehead atoms. The van der Waals surface area contributed by atoms with Gasteiger partial charge in [0.05, 0.1) is 35.0 Å². The molecule has 1 saturated heterocycles. The topological polar surface area (TPSA) is 102 Å². The van der Waals surface area contributed by atoms with Crippen molar-refractivity contribution in [1.29, 1.82) is 0 Å². The molecule has 5 rings (SSSR count). The van der Waals surface area contributed by atoms with Gasteiger partial charge in [-0.3, -0.25) is 4.79 Å². The van der Waals surface area contributed by atoms with Crippen LogP contribution in [0.15, 0.2) is 54.6 Å². The number of ether oxygens (including phenoxy) is 3. The quantitative estimate of drug-likeness (QED) is 0.331. The number of benzene rings is 2. The lowest BCUT2D eigenvalue weighted by Crippen LogP contribution is -2.42. The number of amides is 1. The van der Waals surface area contributed by atoms with Crippen LogP contribution in [-0.2, 0) is 19.8 Å². The maximum Gasteiger partial charge on any atom is 0.301 e. The highest BCUT2D eigenvalue weighted by molar-refractivity contribution is 6.33. The van der Waals surface area contributed by atoms with Crippen LogP contribution in [0.4, 0.5) is 5.69 Å². The Hall–Kier alpha value is -3.66. The van der Waals surface area contributed by atoms with Crippen molar-refractivity contribution in [3.05, 3.63) is 65.2 Å². The summed E-state index contributed by atoms with van der Waals surface area (Å²) in [5, 5.41) is 3.47. The number of nitrogens with zero attached hydrogens (tertiary/aromatic N) is 3. The molecule has 198 valence electrons. The number of carbonyl (C=O) groups is 1. The van der Waals surface area contributed by atoms with Crippen molar-refractivity contribution in [3.63, 3.8) is 0 Å². The number of methoxy groups -OCH3 is 1. The Morgan fingerprint density at radius 3 is 2.50 bits per heavy atom. The molecular weight excluding hydrogens is 506 g/mol. The molecular formula is C28H30ClN5O4. The SMILES string of the molecule is COCC(=O)NC(C)(C)c1ccc(Oc2nc3nc(-c4ccc(N5CCOCC5)cc4)c(Cl)cc3[nH]2)cc1. The van der Waals surface area contributed by atoms with Crippen LogP contribution in [0.3, 0.4) is 0 Å². The molecule has 0 spiro atoms. The first-order chi connectivity index (χ1) is 18.3. The van der Waals surface area contributed by atoms with Gasteiger partial charge in [0, 0.05) is 31.5 Å². The lowest BCUT2D eigenvalue weighted by atomic mass is 9.94. The molecule has 9 nitrogen and oxygen atoms in total. The average Bonchev–Trinajstić information content (AvgIpc) is 3.30. The number of rotatable bonds is 8. The van der Waals surface area contributed by atoms with Gasteiger partial charge in [0.2, 0.25) is 5.91 Å². The molecule has 0 unspecified atom stereocenters. The van der Waals surface area contributed by atoms with Crippen molar-refractivity contribution in [1.82, 2.24) is 20.3 Å². The first-order valence-electron chi connectivity index (χ1n) is 12.4. The molecule has 0 radical (unpaired) electrons. The number of H-pyrrole nitrogens is 1. The molecule has 1 fully saturated rings. The third kappa shape index (κ3) is 5.75. The van der Waals surface area contributed by atoms with Crippen LogP contribution in [0.25, 0.3) is 22.4 Å². The molecule has 10 heteroatoms. The fraction of sp³-hybridized carbons (Fsp3) is 0.321. The molecule has 0 aliphatic carbocycles. The largest absolute Gasteiger partial charge is 0.426 e. The summed E-state index contributed by atoms with van der Waals surface area (Å²) in [5.41, 5.74) is 4.27. The van der Waals surface area contributed by atoms with Crippen molar-refractivity contribution >= 4 is 34.4 Å². The zero-order chi connectivity index (χ0) is 26.7. The van der Waals surface area contributed by atoms with E-state index in [0.29, 0.717) is 33.6 Å². The number of hydrogen-bond donors (Lipinski definition) is 2. The number of halogens is 1. The number of pyridine rings is 1. The van der Waals surface area contributed by atoms with E-state index < -0.39 is 5.54 Å². The normalized spacial score (nSPS) is 14.1. The Labute approximate surface area is 226 Å². The predicted molar refractivity (Wildman–Crippen MR) is 147 cm³/mol. The van der Waals surface area contributed by atoms with E-state index in [1.165, 1.54) is 7.11 Å². The summed E-state index contributed by atoms with van der Waals surface area (Å²) < 4.78 is 16.3. The molecule has 0 saturated carbocycles. The second-order valence-electron chi connectivity index (χ2n) is 9.61. The average molecular weight is 536 g/mol. The smallest absolute Gasteiger partial charge is 0.301 e. The number of anilines is 1. The molecule has 2 aromatic carbocycles. The van der Waals surface area contributed by atoms with Crippen molar-refractivity contribution < 1.29 is 19.0 Å². The number of nitrogens with one attached hydrogen (secondary N) is 2. The molecule has 1 aliphatic rings. The van der Waals surface area contributed by atoms with E-state index in [0.717, 1.165) is 43.1 Å². The Balaban J connectivity index is 1.31. The molecule has 1 aliphatic heterocycles. The number of fused-ring (bicyclic) bond motifs is 1. The lowest BCUT2D eigenvalue weighted by Gasteiger charge is -2.28. The predicted octanol–water partition coefficient (Wildman–Crippen LogP) is 4.90. The van der Waals surface area contributed by atoms with E-state index in [1.807, 2.05) is 56.3 Å². The number of carbonyl (C=O) groups excluding carboxylic acids is 1. The van der Waals surface area contributed by atoms with Gasteiger partial charge in [-0.15, -0.1) is 0 Å². The van der Waals surface area contributed by atoms with Crippen LogP contribution in [0.5, 0.6) is 11.8 Å². The van der Waals surface area contributed by atoms with Crippen LogP contribution in [0.1, 0.15) is 19.4 Å². The fourth-order valence-corrected chi connectivity index (χ4v) is 4.70. The number of aromatic nitrogens is 3. The Morgan fingerprint density at radius 2 is 1.82 bits per heavy atom. The molecule has 2 aromatic heterocycles. The van der Waals surface area contributed by atoms with Gasteiger partial charge in [-0.25, -0.2) is 4.98 Å². The van der Waals surface area contributed by atoms with Crippen molar-refractivity contribution in [3.8, 4) is 23.0 Å². The number of aromatic amines is 1. The molecule has 0 atom stereocenters. The first kappa shape index (κ1) is 26.0. The van der Waals surface area contributed by atoms with Gasteiger partial charge in [0.15, 0.2) is 5.65 Å². The van der Waals surface area contributed by atoms with Crippen LogP contribution in [-0.4, -0.2) is 60.9 Å². The summed E-state index contributed by atoms with van der Waals surface area (Å²) in [6, 6.07) is 17.8. The van der Waals surface area contributed by atoms with Gasteiger partial charge in [-0.2, -0.15) is 4.98 Å². The Kier molecular flexibility index (Phi) is 7.51. The van der Waals surface area contributed by atoms with E-state index in [1.54, 1.807) is 0 Å². The highest BCUT2D eigenvalue weighted by atomic mass is 35.5. The second kappa shape index (κ2) is 11.0. The number of imidazole rings is 1. The summed E-state index contributed by atoms with van der Waals surface area (Å²) in [6.45, 7) is 7.11. The van der Waals surface area contributed by atoms with Crippen molar-refractivity contribution in [2.24, 2.45) is 0 Å². The molecule has 2 N–H and O–H groups in total. The zero-order valence-corrected chi connectivity index (χ0v) is 22.3. The summed E-state index contributed by atoms with van der Waals surface area (Å²) >= 11 is 6.60. The monoisotopic (exact) mass is 535 g/mol. The van der Waals surface area contributed by atoms with E-state index in [-0.39, 0.29) is 12.5 Å². The van der Waals surface area contributed by atoms with Crippen molar-refractivity contribution in [2.45, 2.75) is 19.4 Å². The van der Waals surface area contributed by atoms with E-state index in [9.17, 15) is 4.79 Å². The van der Waals surface area contributed by atoms with Crippen LogP contribution < -0.4 is 15.0 Å². The highest BCUT2D eigenvalue weighted by Crippen LogP contribution is 2.32. The highest BCUT2D eigenvalue weighted by Gasteiger charge is 2.23. The molecule has 1 amide bonds. The number of hydrogen-bond acceptors (Lipinski definition) is 7. The second-order valence-corrected chi connectivity index (χ2v) is 10.0. The minimum atomic E-state index is -0.565. The minimum absolute atomic E-state index is 0.0101. The lowest BCUT2D eigenvalue weighted by molar-refractivity contribution is -0.126. The third-order valence-corrected chi connectivity index (χ3v) is 6.73. The van der Waals surface area contributed by atoms with Gasteiger partial charge in [0.1, 0.15) is 12.4 Å². The number of morpholine rings is 1. The summed E-state index contributed by atoms with van der Waals surface area (Å²) in [7, 11) is 1.49. The maximum atomic E-state index is 11.9. The summed E-state index contributed by atoms with van der Waals surface area (Å²) in [6.07, 6.45) is 0. The third-order valence-electron chi connectivity index (χ3n) is 6.44. The summed E-state index contributed by atoms with van der Waals surface area (Å²) in [4.78, 5) is 26.6. The minimum Gasteiger partial charge on any atom is -0.426 e. The van der Waals surface area contributed by atoms with Gasteiger partial charge >= 0.3 is 6.01 Å². The standard InChI is InChI=1S/C28H30ClN5O4/c1-28(2,33-24(35)17-36-3)19-6-10-21(11-7-19)38-27-30-23-16-22(29)25(31-26(23)32-27)18-4-8-20(9-5-18)34-12-14-37-15-13-34/h4-11,16H,12-15,17H2,1-3H3,(H,33,35)(H,30,31,32). The van der Waals surface area contributed by atoms with Crippen molar-refractivity contribution in [2.75, 3.05) is 44.9 Å². The van der Waals surface area contributed by atoms with E-state index in [2.05, 4.69) is 32.3 Å². The van der Waals surface area contributed by atoms with Crippen LogP contribution in [0, 0.1) is 0 Å².